The Morgan fingerprint density at radius 3 is 2.71 bits per heavy atom. The Morgan fingerprint density at radius 1 is 1.13 bits per heavy atom. The molecular weight excluding hydrogens is 412 g/mol. The monoisotopic (exact) mass is 442 g/mol. The lowest BCUT2D eigenvalue weighted by molar-refractivity contribution is -0.116. The minimum Gasteiger partial charge on any atom is -0.377 e. The van der Waals surface area contributed by atoms with E-state index in [0.717, 1.165) is 48.8 Å². The summed E-state index contributed by atoms with van der Waals surface area (Å²) in [6.45, 7) is 4.49. The number of fused-ring (bicyclic) bond motifs is 1. The fourth-order valence-electron chi connectivity index (χ4n) is 4.36. The summed E-state index contributed by atoms with van der Waals surface area (Å²) in [4.78, 5) is 13.1. The molecule has 1 fully saturated rings. The molecule has 7 heteroatoms. The van der Waals surface area contributed by atoms with Crippen LogP contribution in [-0.4, -0.2) is 44.4 Å². The van der Waals surface area contributed by atoms with Gasteiger partial charge in [0.1, 0.15) is 0 Å². The molecule has 1 amide bonds. The zero-order valence-corrected chi connectivity index (χ0v) is 19.0. The molecule has 6 nitrogen and oxygen atoms in total. The summed E-state index contributed by atoms with van der Waals surface area (Å²) in [7, 11) is -3.82. The fraction of sp³-hybridized carbons (Fsp3) is 0.458. The van der Waals surface area contributed by atoms with Gasteiger partial charge in [0.15, 0.2) is 0 Å². The van der Waals surface area contributed by atoms with Crippen LogP contribution in [0.4, 0.5) is 5.69 Å². The lowest BCUT2D eigenvalue weighted by atomic mass is 10.1. The van der Waals surface area contributed by atoms with Gasteiger partial charge in [-0.05, 0) is 86.4 Å². The van der Waals surface area contributed by atoms with Gasteiger partial charge in [0.25, 0.3) is 0 Å². The van der Waals surface area contributed by atoms with Crippen molar-refractivity contribution in [1.82, 2.24) is 4.31 Å². The largest absolute Gasteiger partial charge is 0.377 e. The van der Waals surface area contributed by atoms with Crippen molar-refractivity contribution in [2.24, 2.45) is 0 Å². The Labute approximate surface area is 184 Å². The van der Waals surface area contributed by atoms with Crippen LogP contribution < -0.4 is 5.32 Å². The molecule has 1 atom stereocenters. The maximum atomic E-state index is 13.5. The second-order valence-electron chi connectivity index (χ2n) is 8.51. The van der Waals surface area contributed by atoms with Crippen molar-refractivity contribution in [2.45, 2.75) is 57.0 Å². The van der Waals surface area contributed by atoms with E-state index in [0.29, 0.717) is 12.3 Å². The van der Waals surface area contributed by atoms with E-state index in [1.807, 2.05) is 38.1 Å². The fourth-order valence-corrected chi connectivity index (χ4v) is 5.84. The molecule has 4 rings (SSSR count). The van der Waals surface area contributed by atoms with E-state index < -0.39 is 10.0 Å². The first-order chi connectivity index (χ1) is 14.8. The number of rotatable bonds is 7. The summed E-state index contributed by atoms with van der Waals surface area (Å²) < 4.78 is 34.0. The molecule has 1 aliphatic heterocycles. The maximum Gasteiger partial charge on any atom is 0.243 e. The molecule has 166 valence electrons. The number of nitrogens with zero attached hydrogens (tertiary/aromatic N) is 1. The Kier molecular flexibility index (Phi) is 6.46. The molecule has 31 heavy (non-hydrogen) atoms. The SMILES string of the molecule is Cc1cccc(NC(=O)CN(C[C@H]2CCCO2)S(=O)(=O)c2ccc3c(c2)CCC3)c1C. The number of aryl methyl sites for hydroxylation is 3. The van der Waals surface area contributed by atoms with Crippen LogP contribution in [0.15, 0.2) is 41.3 Å². The first-order valence-corrected chi connectivity index (χ1v) is 12.4. The van der Waals surface area contributed by atoms with E-state index in [2.05, 4.69) is 5.32 Å². The van der Waals surface area contributed by atoms with Gasteiger partial charge in [-0.3, -0.25) is 4.79 Å². The molecule has 1 heterocycles. The Bertz CT molecular complexity index is 1070. The molecule has 0 unspecified atom stereocenters. The van der Waals surface area contributed by atoms with E-state index in [1.165, 1.54) is 9.87 Å². The second kappa shape index (κ2) is 9.10. The number of carbonyl (C=O) groups excluding carboxylic acids is 1. The van der Waals surface area contributed by atoms with E-state index in [1.54, 1.807) is 12.1 Å². The smallest absolute Gasteiger partial charge is 0.243 e. The van der Waals surface area contributed by atoms with Gasteiger partial charge in [0.2, 0.25) is 15.9 Å². The third-order valence-electron chi connectivity index (χ3n) is 6.34. The van der Waals surface area contributed by atoms with E-state index in [4.69, 9.17) is 4.74 Å². The normalized spacial score (nSPS) is 18.4. The Hall–Kier alpha value is -2.22. The van der Waals surface area contributed by atoms with Crippen LogP contribution in [0.25, 0.3) is 0 Å². The minimum atomic E-state index is -3.82. The minimum absolute atomic E-state index is 0.180. The van der Waals surface area contributed by atoms with Crippen molar-refractivity contribution >= 4 is 21.6 Å². The van der Waals surface area contributed by atoms with E-state index in [9.17, 15) is 13.2 Å². The maximum absolute atomic E-state index is 13.5. The number of anilines is 1. The van der Waals surface area contributed by atoms with Crippen LogP contribution in [0.2, 0.25) is 0 Å². The summed E-state index contributed by atoms with van der Waals surface area (Å²) >= 11 is 0. The molecule has 0 bridgehead atoms. The van der Waals surface area contributed by atoms with Gasteiger partial charge in [0, 0.05) is 18.8 Å². The lowest BCUT2D eigenvalue weighted by Gasteiger charge is -2.25. The first-order valence-electron chi connectivity index (χ1n) is 10.9. The predicted molar refractivity (Wildman–Crippen MR) is 121 cm³/mol. The highest BCUT2D eigenvalue weighted by atomic mass is 32.2. The van der Waals surface area contributed by atoms with E-state index in [-0.39, 0.29) is 30.0 Å². The number of benzene rings is 2. The summed E-state index contributed by atoms with van der Waals surface area (Å²) in [5.41, 5.74) is 5.06. The van der Waals surface area contributed by atoms with Crippen molar-refractivity contribution in [2.75, 3.05) is 25.0 Å². The lowest BCUT2D eigenvalue weighted by Crippen LogP contribution is -2.42. The molecule has 1 aliphatic carbocycles. The zero-order valence-electron chi connectivity index (χ0n) is 18.2. The standard InChI is InChI=1S/C24H30N2O4S/c1-17-6-3-10-23(18(17)2)25-24(27)16-26(15-21-9-5-13-30-21)31(28,29)22-12-11-19-7-4-8-20(19)14-22/h3,6,10-12,14,21H,4-5,7-9,13,15-16H2,1-2H3,(H,25,27)/t21-/m1/s1. The molecule has 0 spiro atoms. The highest BCUT2D eigenvalue weighted by molar-refractivity contribution is 7.89. The van der Waals surface area contributed by atoms with Crippen LogP contribution in [0.3, 0.4) is 0 Å². The van der Waals surface area contributed by atoms with Gasteiger partial charge < -0.3 is 10.1 Å². The summed E-state index contributed by atoms with van der Waals surface area (Å²) in [5.74, 6) is -0.351. The third kappa shape index (κ3) is 4.84. The Balaban J connectivity index is 1.57. The average Bonchev–Trinajstić information content (AvgIpc) is 3.42. The quantitative estimate of drug-likeness (QED) is 0.711. The predicted octanol–water partition coefficient (Wildman–Crippen LogP) is 3.60. The van der Waals surface area contributed by atoms with Crippen LogP contribution in [0, 0.1) is 13.8 Å². The highest BCUT2D eigenvalue weighted by Crippen LogP contribution is 2.27. The van der Waals surface area contributed by atoms with Gasteiger partial charge in [-0.25, -0.2) is 8.42 Å². The number of ether oxygens (including phenoxy) is 1. The van der Waals surface area contributed by atoms with Crippen molar-refractivity contribution in [1.29, 1.82) is 0 Å². The molecule has 0 saturated carbocycles. The van der Waals surface area contributed by atoms with Crippen molar-refractivity contribution in [3.63, 3.8) is 0 Å². The summed E-state index contributed by atoms with van der Waals surface area (Å²) in [5, 5.41) is 2.89. The van der Waals surface area contributed by atoms with Gasteiger partial charge in [-0.15, -0.1) is 0 Å². The number of sulfonamides is 1. The van der Waals surface area contributed by atoms with Gasteiger partial charge in [0.05, 0.1) is 17.5 Å². The molecule has 1 N–H and O–H groups in total. The van der Waals surface area contributed by atoms with Gasteiger partial charge in [-0.2, -0.15) is 4.31 Å². The van der Waals surface area contributed by atoms with Crippen LogP contribution in [0.5, 0.6) is 0 Å². The van der Waals surface area contributed by atoms with E-state index >= 15 is 0 Å². The van der Waals surface area contributed by atoms with Crippen LogP contribution in [0.1, 0.15) is 41.5 Å². The molecule has 2 aromatic rings. The number of hydrogen-bond donors (Lipinski definition) is 1. The van der Waals surface area contributed by atoms with Gasteiger partial charge >= 0.3 is 0 Å². The second-order valence-corrected chi connectivity index (χ2v) is 10.5. The molecule has 0 aromatic heterocycles. The molecule has 1 saturated heterocycles. The number of hydrogen-bond acceptors (Lipinski definition) is 4. The summed E-state index contributed by atoms with van der Waals surface area (Å²) in [6, 6.07) is 11.1. The molecular formula is C24H30N2O4S. The number of nitrogens with one attached hydrogen (secondary N) is 1. The molecule has 2 aliphatic rings. The van der Waals surface area contributed by atoms with Crippen molar-refractivity contribution in [3.05, 3.63) is 58.7 Å². The number of amides is 1. The third-order valence-corrected chi connectivity index (χ3v) is 8.15. The highest BCUT2D eigenvalue weighted by Gasteiger charge is 2.31. The molecule has 2 aromatic carbocycles. The first kappa shape index (κ1) is 22.0. The van der Waals surface area contributed by atoms with Crippen molar-refractivity contribution in [3.8, 4) is 0 Å². The number of carbonyl (C=O) groups is 1. The topological polar surface area (TPSA) is 75.7 Å². The van der Waals surface area contributed by atoms with Crippen LogP contribution in [-0.2, 0) is 32.4 Å². The van der Waals surface area contributed by atoms with Crippen LogP contribution >= 0.6 is 0 Å². The average molecular weight is 443 g/mol. The molecule has 0 radical (unpaired) electrons. The summed E-state index contributed by atoms with van der Waals surface area (Å²) in [6.07, 6.45) is 4.47. The van der Waals surface area contributed by atoms with Gasteiger partial charge in [-0.1, -0.05) is 18.2 Å². The zero-order chi connectivity index (χ0) is 22.0. The Morgan fingerprint density at radius 2 is 1.94 bits per heavy atom. The van der Waals surface area contributed by atoms with Crippen molar-refractivity contribution < 1.29 is 17.9 Å².